The third-order valence-corrected chi connectivity index (χ3v) is 4.32. The minimum atomic E-state index is 0.427. The molecule has 0 bridgehead atoms. The van der Waals surface area contributed by atoms with E-state index in [1.807, 2.05) is 6.07 Å². The lowest BCUT2D eigenvalue weighted by Gasteiger charge is -2.30. The van der Waals surface area contributed by atoms with Gasteiger partial charge in [0.25, 0.3) is 0 Å². The first kappa shape index (κ1) is 14.7. The number of halogens is 1. The van der Waals surface area contributed by atoms with E-state index in [4.69, 9.17) is 16.3 Å². The van der Waals surface area contributed by atoms with E-state index in [0.717, 1.165) is 24.6 Å². The van der Waals surface area contributed by atoms with Crippen molar-refractivity contribution in [2.75, 3.05) is 13.7 Å². The summed E-state index contributed by atoms with van der Waals surface area (Å²) >= 11 is 6.10. The highest BCUT2D eigenvalue weighted by Gasteiger charge is 2.23. The first-order valence-electron chi connectivity index (χ1n) is 7.31. The van der Waals surface area contributed by atoms with Crippen LogP contribution in [0, 0.1) is 5.92 Å². The summed E-state index contributed by atoms with van der Waals surface area (Å²) in [7, 11) is 1.67. The van der Waals surface area contributed by atoms with Crippen LogP contribution in [0.3, 0.4) is 0 Å². The molecule has 106 valence electrons. The molecule has 2 rings (SSSR count). The lowest BCUT2D eigenvalue weighted by atomic mass is 9.79. The summed E-state index contributed by atoms with van der Waals surface area (Å²) in [4.78, 5) is 0. The highest BCUT2D eigenvalue weighted by Crippen LogP contribution is 2.36. The van der Waals surface area contributed by atoms with Crippen molar-refractivity contribution in [2.24, 2.45) is 5.92 Å². The third kappa shape index (κ3) is 3.87. The van der Waals surface area contributed by atoms with Gasteiger partial charge in [0.2, 0.25) is 0 Å². The smallest absolute Gasteiger partial charge is 0.137 e. The quantitative estimate of drug-likeness (QED) is 0.790. The zero-order valence-electron chi connectivity index (χ0n) is 11.9. The van der Waals surface area contributed by atoms with Crippen LogP contribution >= 0.6 is 11.6 Å². The molecule has 0 aliphatic heterocycles. The molecule has 0 aromatic heterocycles. The molecular weight excluding hydrogens is 258 g/mol. The molecule has 1 saturated carbocycles. The van der Waals surface area contributed by atoms with E-state index in [1.54, 1.807) is 7.11 Å². The number of hydrogen-bond acceptors (Lipinski definition) is 2. The summed E-state index contributed by atoms with van der Waals surface area (Å²) in [6.07, 6.45) is 6.55. The molecule has 0 radical (unpaired) electrons. The number of benzene rings is 1. The average molecular weight is 282 g/mol. The molecule has 0 heterocycles. The SMILES string of the molecule is CCCNC(CC1CCC1)c1ccc(Cl)c(OC)c1. The van der Waals surface area contributed by atoms with Crippen LogP contribution in [0.4, 0.5) is 0 Å². The Morgan fingerprint density at radius 1 is 1.42 bits per heavy atom. The topological polar surface area (TPSA) is 21.3 Å². The number of rotatable bonds is 7. The Labute approximate surface area is 121 Å². The van der Waals surface area contributed by atoms with Crippen LogP contribution < -0.4 is 10.1 Å². The van der Waals surface area contributed by atoms with Crippen molar-refractivity contribution in [3.05, 3.63) is 28.8 Å². The molecule has 0 spiro atoms. The molecule has 1 N–H and O–H groups in total. The molecule has 1 aromatic carbocycles. The Balaban J connectivity index is 2.10. The van der Waals surface area contributed by atoms with Crippen LogP contribution in [0.1, 0.15) is 50.6 Å². The maximum atomic E-state index is 6.10. The van der Waals surface area contributed by atoms with Crippen LogP contribution in [0.5, 0.6) is 5.75 Å². The van der Waals surface area contributed by atoms with Gasteiger partial charge in [-0.05, 0) is 43.0 Å². The molecule has 19 heavy (non-hydrogen) atoms. The number of nitrogens with one attached hydrogen (secondary N) is 1. The lowest BCUT2D eigenvalue weighted by molar-refractivity contribution is 0.261. The van der Waals surface area contributed by atoms with Gasteiger partial charge in [0.05, 0.1) is 12.1 Å². The van der Waals surface area contributed by atoms with Crippen molar-refractivity contribution < 1.29 is 4.74 Å². The summed E-state index contributed by atoms with van der Waals surface area (Å²) in [5, 5.41) is 4.34. The first-order valence-corrected chi connectivity index (χ1v) is 7.69. The normalized spacial score (nSPS) is 17.0. The average Bonchev–Trinajstić information content (AvgIpc) is 2.38. The fraction of sp³-hybridized carbons (Fsp3) is 0.625. The lowest BCUT2D eigenvalue weighted by Crippen LogP contribution is -2.26. The minimum Gasteiger partial charge on any atom is -0.495 e. The summed E-state index contributed by atoms with van der Waals surface area (Å²) in [5.41, 5.74) is 1.29. The van der Waals surface area contributed by atoms with E-state index in [2.05, 4.69) is 24.4 Å². The molecule has 1 fully saturated rings. The third-order valence-electron chi connectivity index (χ3n) is 4.01. The number of hydrogen-bond donors (Lipinski definition) is 1. The van der Waals surface area contributed by atoms with Gasteiger partial charge in [0.1, 0.15) is 5.75 Å². The van der Waals surface area contributed by atoms with Crippen molar-refractivity contribution in [3.8, 4) is 5.75 Å². The summed E-state index contributed by atoms with van der Waals surface area (Å²) in [6, 6.07) is 6.57. The van der Waals surface area contributed by atoms with Crippen LogP contribution in [-0.2, 0) is 0 Å². The van der Waals surface area contributed by atoms with Crippen molar-refractivity contribution in [2.45, 2.75) is 45.1 Å². The molecular formula is C16H24ClNO. The fourth-order valence-electron chi connectivity index (χ4n) is 2.61. The van der Waals surface area contributed by atoms with E-state index < -0.39 is 0 Å². The van der Waals surface area contributed by atoms with Gasteiger partial charge >= 0.3 is 0 Å². The van der Waals surface area contributed by atoms with Gasteiger partial charge in [0.15, 0.2) is 0 Å². The van der Waals surface area contributed by atoms with Crippen LogP contribution in [0.15, 0.2) is 18.2 Å². The van der Waals surface area contributed by atoms with Gasteiger partial charge in [-0.2, -0.15) is 0 Å². The van der Waals surface area contributed by atoms with Gasteiger partial charge < -0.3 is 10.1 Å². The fourth-order valence-corrected chi connectivity index (χ4v) is 2.81. The maximum absolute atomic E-state index is 6.10. The Hall–Kier alpha value is -0.730. The zero-order chi connectivity index (χ0) is 13.7. The Morgan fingerprint density at radius 3 is 2.79 bits per heavy atom. The van der Waals surface area contributed by atoms with Crippen molar-refractivity contribution in [3.63, 3.8) is 0 Å². The largest absolute Gasteiger partial charge is 0.495 e. The first-order chi connectivity index (χ1) is 9.24. The van der Waals surface area contributed by atoms with Crippen molar-refractivity contribution >= 4 is 11.6 Å². The van der Waals surface area contributed by atoms with Crippen molar-refractivity contribution in [1.29, 1.82) is 0 Å². The molecule has 0 amide bonds. The summed E-state index contributed by atoms with van der Waals surface area (Å²) in [6.45, 7) is 3.26. The van der Waals surface area contributed by atoms with Gasteiger partial charge in [-0.3, -0.25) is 0 Å². The van der Waals surface area contributed by atoms with Crippen LogP contribution in [0.2, 0.25) is 5.02 Å². The molecule has 2 nitrogen and oxygen atoms in total. The van der Waals surface area contributed by atoms with E-state index >= 15 is 0 Å². The van der Waals surface area contributed by atoms with Crippen LogP contribution in [-0.4, -0.2) is 13.7 Å². The van der Waals surface area contributed by atoms with Gasteiger partial charge in [0, 0.05) is 6.04 Å². The Kier molecular flexibility index (Phi) is 5.53. The van der Waals surface area contributed by atoms with Gasteiger partial charge in [-0.1, -0.05) is 43.9 Å². The monoisotopic (exact) mass is 281 g/mol. The van der Waals surface area contributed by atoms with E-state index in [-0.39, 0.29) is 0 Å². The predicted octanol–water partition coefficient (Wildman–Crippen LogP) is 4.58. The molecule has 1 aliphatic rings. The van der Waals surface area contributed by atoms with Crippen LogP contribution in [0.25, 0.3) is 0 Å². The highest BCUT2D eigenvalue weighted by atomic mass is 35.5. The molecule has 1 aliphatic carbocycles. The minimum absolute atomic E-state index is 0.427. The molecule has 0 saturated heterocycles. The standard InChI is InChI=1S/C16H24ClNO/c1-3-9-18-15(10-12-5-4-6-12)13-7-8-14(17)16(11-13)19-2/h7-8,11-12,15,18H,3-6,9-10H2,1-2H3. The van der Waals surface area contributed by atoms with E-state index in [0.29, 0.717) is 11.1 Å². The molecule has 1 aromatic rings. The maximum Gasteiger partial charge on any atom is 0.137 e. The number of ether oxygens (including phenoxy) is 1. The Morgan fingerprint density at radius 2 is 2.21 bits per heavy atom. The summed E-state index contributed by atoms with van der Waals surface area (Å²) < 4.78 is 5.33. The zero-order valence-corrected chi connectivity index (χ0v) is 12.7. The van der Waals surface area contributed by atoms with Crippen molar-refractivity contribution in [1.82, 2.24) is 5.32 Å². The molecule has 3 heteroatoms. The second kappa shape index (κ2) is 7.16. The predicted molar refractivity (Wildman–Crippen MR) is 81.0 cm³/mol. The second-order valence-electron chi connectivity index (χ2n) is 5.43. The van der Waals surface area contributed by atoms with E-state index in [9.17, 15) is 0 Å². The number of methoxy groups -OCH3 is 1. The molecule has 1 atom stereocenters. The Bertz CT molecular complexity index is 404. The van der Waals surface area contributed by atoms with E-state index in [1.165, 1.54) is 31.2 Å². The summed E-state index contributed by atoms with van der Waals surface area (Å²) in [5.74, 6) is 1.66. The highest BCUT2D eigenvalue weighted by molar-refractivity contribution is 6.32. The molecule has 1 unspecified atom stereocenters. The van der Waals surface area contributed by atoms with Gasteiger partial charge in [-0.25, -0.2) is 0 Å². The van der Waals surface area contributed by atoms with Gasteiger partial charge in [-0.15, -0.1) is 0 Å². The second-order valence-corrected chi connectivity index (χ2v) is 5.84.